The van der Waals surface area contributed by atoms with Gasteiger partial charge in [-0.1, -0.05) is 0 Å². The number of hydrogen-bond donors (Lipinski definition) is 5. The molecule has 7 N–H and O–H groups in total. The summed E-state index contributed by atoms with van der Waals surface area (Å²) in [5.41, 5.74) is 9.39. The van der Waals surface area contributed by atoms with Crippen LogP contribution in [0.3, 0.4) is 0 Å². The van der Waals surface area contributed by atoms with Gasteiger partial charge in [0.1, 0.15) is 35.8 Å². The molecule has 4 fully saturated rings. The number of nitrogens with zero attached hydrogens (tertiary/aromatic N) is 7. The predicted octanol–water partition coefficient (Wildman–Crippen LogP) is -2.32. The maximum atomic E-state index is 13.4. The zero-order chi connectivity index (χ0) is 32.9. The van der Waals surface area contributed by atoms with E-state index in [2.05, 4.69) is 29.9 Å². The lowest BCUT2D eigenvalue weighted by Crippen LogP contribution is -2.46. The first-order chi connectivity index (χ1) is 22.4. The standard InChI is InChI=1S/C22H26N10O13P2/c23-15-10-16(26-5-25-15)31(6-27-10)20-13-14-22(43-20,3-39-13)4-41-47(37,38)44-12-8(1-33)9(2-40-46(35,36)45-14)42-19(12)32-7-28-11-17(32)29-21(24)30-18(11)34/h5-9,12-14,19-20,33H,1-4H2,(H,35,36)(H,37,38)(H2,23,25,26)(H3,24,29,30,34)/p-1. The van der Waals surface area contributed by atoms with E-state index in [9.17, 15) is 28.8 Å². The third-order valence-electron chi connectivity index (χ3n) is 8.43. The number of nitrogens with two attached hydrogens (primary N) is 2. The predicted molar refractivity (Wildman–Crippen MR) is 148 cm³/mol. The largest absolute Gasteiger partial charge is 0.756 e. The molecule has 4 aliphatic rings. The fourth-order valence-electron chi connectivity index (χ4n) is 6.29. The number of aliphatic hydroxyl groups is 1. The van der Waals surface area contributed by atoms with E-state index in [-0.39, 0.29) is 40.7 Å². The van der Waals surface area contributed by atoms with Gasteiger partial charge >= 0.3 is 7.82 Å². The lowest BCUT2D eigenvalue weighted by Gasteiger charge is -2.35. The van der Waals surface area contributed by atoms with E-state index >= 15 is 0 Å². The highest BCUT2D eigenvalue weighted by Gasteiger charge is 2.66. The van der Waals surface area contributed by atoms with Crippen molar-refractivity contribution in [3.8, 4) is 0 Å². The number of imidazole rings is 2. The molecular weight excluding hydrogens is 674 g/mol. The molecule has 8 rings (SSSR count). The monoisotopic (exact) mass is 699 g/mol. The van der Waals surface area contributed by atoms with Gasteiger partial charge in [-0.2, -0.15) is 4.98 Å². The van der Waals surface area contributed by atoms with Crippen molar-refractivity contribution in [3.05, 3.63) is 29.3 Å². The molecule has 4 saturated heterocycles. The van der Waals surface area contributed by atoms with Gasteiger partial charge in [0.2, 0.25) is 5.95 Å². The second-order valence-corrected chi connectivity index (χ2v) is 14.0. The number of H-pyrrole nitrogens is 1. The Balaban J connectivity index is 1.15. The first kappa shape index (κ1) is 30.9. The highest BCUT2D eigenvalue weighted by atomic mass is 31.2. The number of phosphoric ester groups is 2. The number of rotatable bonds is 3. The lowest BCUT2D eigenvalue weighted by atomic mass is 9.99. The Morgan fingerprint density at radius 3 is 2.57 bits per heavy atom. The van der Waals surface area contributed by atoms with Crippen LogP contribution < -0.4 is 21.9 Å². The van der Waals surface area contributed by atoms with E-state index in [0.717, 1.165) is 6.33 Å². The van der Waals surface area contributed by atoms with Gasteiger partial charge in [-0.25, -0.2) is 24.5 Å². The number of aliphatic hydroxyl groups excluding tert-OH is 1. The molecule has 0 aromatic carbocycles. The zero-order valence-electron chi connectivity index (χ0n) is 23.7. The van der Waals surface area contributed by atoms with Crippen molar-refractivity contribution in [2.24, 2.45) is 5.92 Å². The van der Waals surface area contributed by atoms with Crippen molar-refractivity contribution < 1.29 is 56.3 Å². The van der Waals surface area contributed by atoms with Crippen LogP contribution in [0.15, 0.2) is 23.8 Å². The van der Waals surface area contributed by atoms with E-state index in [1.807, 2.05) is 0 Å². The number of aromatic amines is 1. The SMILES string of the molecule is Nc1nc2c(ncn2C2OC3COP(=O)(O)OC4C5OCC4(COP(=O)([O-])OC2C3CO)OC5n2cnc3c(N)ncnc32)c(=O)[nH]1. The van der Waals surface area contributed by atoms with Crippen LogP contribution in [0, 0.1) is 5.92 Å². The van der Waals surface area contributed by atoms with Gasteiger partial charge in [0.25, 0.3) is 13.4 Å². The van der Waals surface area contributed by atoms with Gasteiger partial charge < -0.3 is 49.6 Å². The summed E-state index contributed by atoms with van der Waals surface area (Å²) >= 11 is 0. The third kappa shape index (κ3) is 4.98. The zero-order valence-corrected chi connectivity index (χ0v) is 25.5. The van der Waals surface area contributed by atoms with Gasteiger partial charge in [0.15, 0.2) is 35.1 Å². The maximum Gasteiger partial charge on any atom is 0.472 e. The number of fused-ring (bicyclic) bond motifs is 4. The van der Waals surface area contributed by atoms with E-state index in [4.69, 9.17) is 43.8 Å². The Hall–Kier alpha value is -3.44. The highest BCUT2D eigenvalue weighted by molar-refractivity contribution is 7.47. The Labute approximate surface area is 260 Å². The van der Waals surface area contributed by atoms with Crippen molar-refractivity contribution in [1.29, 1.82) is 0 Å². The van der Waals surface area contributed by atoms with Crippen LogP contribution in [-0.2, 0) is 41.4 Å². The normalized spacial score (nSPS) is 39.1. The molecule has 25 heteroatoms. The Morgan fingerprint density at radius 1 is 1.02 bits per heavy atom. The third-order valence-corrected chi connectivity index (χ3v) is 10.3. The summed E-state index contributed by atoms with van der Waals surface area (Å²) in [5.74, 6) is -1.36. The first-order valence-corrected chi connectivity index (χ1v) is 16.8. The molecule has 252 valence electrons. The van der Waals surface area contributed by atoms with Crippen molar-refractivity contribution in [2.45, 2.75) is 42.5 Å². The van der Waals surface area contributed by atoms with Crippen LogP contribution in [0.25, 0.3) is 22.3 Å². The molecule has 4 aromatic heterocycles. The molecule has 10 atom stereocenters. The molecular formula is C22H25N10O13P2-. The van der Waals surface area contributed by atoms with Gasteiger partial charge in [-0.15, -0.1) is 0 Å². The Kier molecular flexibility index (Phi) is 7.08. The number of nitrogens with one attached hydrogen (secondary N) is 1. The molecule has 0 saturated carbocycles. The molecule has 10 unspecified atom stereocenters. The molecule has 0 aliphatic carbocycles. The minimum atomic E-state index is -5.32. The quantitative estimate of drug-likeness (QED) is 0.140. The van der Waals surface area contributed by atoms with Crippen LogP contribution in [-0.4, -0.2) is 105 Å². The Morgan fingerprint density at radius 2 is 1.79 bits per heavy atom. The molecule has 0 radical (unpaired) electrons. The number of aromatic nitrogens is 8. The maximum absolute atomic E-state index is 13.4. The summed E-state index contributed by atoms with van der Waals surface area (Å²) in [4.78, 5) is 59.3. The lowest BCUT2D eigenvalue weighted by molar-refractivity contribution is -0.244. The Bertz CT molecular complexity index is 2040. The summed E-state index contributed by atoms with van der Waals surface area (Å²) < 4.78 is 69.2. The summed E-state index contributed by atoms with van der Waals surface area (Å²) in [6.45, 7) is -2.53. The number of phosphoric acid groups is 2. The topological polar surface area (TPSA) is 321 Å². The van der Waals surface area contributed by atoms with Gasteiger partial charge in [-0.05, 0) is 0 Å². The highest BCUT2D eigenvalue weighted by Crippen LogP contribution is 2.58. The molecule has 0 spiro atoms. The fourth-order valence-corrected chi connectivity index (χ4v) is 8.28. The average molecular weight is 699 g/mol. The molecule has 0 amide bonds. The number of ether oxygens (including phenoxy) is 3. The molecule has 4 aromatic rings. The van der Waals surface area contributed by atoms with Gasteiger partial charge in [-0.3, -0.25) is 32.5 Å². The van der Waals surface area contributed by atoms with Crippen molar-refractivity contribution in [1.82, 2.24) is 39.0 Å². The smallest absolute Gasteiger partial charge is 0.472 e. The second kappa shape index (κ2) is 10.8. The van der Waals surface area contributed by atoms with Crippen molar-refractivity contribution >= 4 is 49.7 Å². The minimum Gasteiger partial charge on any atom is -0.756 e. The molecule has 47 heavy (non-hydrogen) atoms. The first-order valence-electron chi connectivity index (χ1n) is 13.9. The van der Waals surface area contributed by atoms with Gasteiger partial charge in [0.05, 0.1) is 45.2 Å². The van der Waals surface area contributed by atoms with Crippen LogP contribution >= 0.6 is 15.6 Å². The molecule has 23 nitrogen and oxygen atoms in total. The van der Waals surface area contributed by atoms with Crippen LogP contribution in [0.2, 0.25) is 0 Å². The van der Waals surface area contributed by atoms with Crippen molar-refractivity contribution in [3.63, 3.8) is 0 Å². The molecule has 8 heterocycles. The summed E-state index contributed by atoms with van der Waals surface area (Å²) in [6, 6.07) is 0. The number of hydrogen-bond acceptors (Lipinski definition) is 19. The second-order valence-electron chi connectivity index (χ2n) is 11.2. The van der Waals surface area contributed by atoms with E-state index < -0.39 is 89.4 Å². The number of nitrogen functional groups attached to an aromatic ring is 2. The summed E-state index contributed by atoms with van der Waals surface area (Å²) in [5, 5.41) is 10.3. The van der Waals surface area contributed by atoms with Crippen LogP contribution in [0.4, 0.5) is 11.8 Å². The van der Waals surface area contributed by atoms with E-state index in [1.54, 1.807) is 0 Å². The molecule has 4 aliphatic heterocycles. The summed E-state index contributed by atoms with van der Waals surface area (Å²) in [7, 11) is -10.3. The van der Waals surface area contributed by atoms with Crippen LogP contribution in [0.5, 0.6) is 0 Å². The molecule has 4 bridgehead atoms. The number of anilines is 2. The van der Waals surface area contributed by atoms with E-state index in [0.29, 0.717) is 0 Å². The van der Waals surface area contributed by atoms with Crippen molar-refractivity contribution in [2.75, 3.05) is 37.9 Å². The average Bonchev–Trinajstić information content (AvgIpc) is 3.82. The van der Waals surface area contributed by atoms with Gasteiger partial charge in [0, 0.05) is 5.92 Å². The fraction of sp³-hybridized carbons (Fsp3) is 0.545. The van der Waals surface area contributed by atoms with Crippen LogP contribution in [0.1, 0.15) is 12.5 Å². The summed E-state index contributed by atoms with van der Waals surface area (Å²) in [6.07, 6.45) is -4.16. The van der Waals surface area contributed by atoms with E-state index in [1.165, 1.54) is 21.8 Å². The minimum absolute atomic E-state index is 0.0851.